The number of fused-ring (bicyclic) bond motifs is 5. The lowest BCUT2D eigenvalue weighted by Crippen LogP contribution is -2.38. The summed E-state index contributed by atoms with van der Waals surface area (Å²) in [5.41, 5.74) is 0.383. The summed E-state index contributed by atoms with van der Waals surface area (Å²) in [5.74, 6) is -1.38. The summed E-state index contributed by atoms with van der Waals surface area (Å²) in [4.78, 5) is 38.0. The predicted octanol–water partition coefficient (Wildman–Crippen LogP) is 1.72. The number of ether oxygens (including phenoxy) is 1. The first-order valence-corrected chi connectivity index (χ1v) is 7.28. The summed E-state index contributed by atoms with van der Waals surface area (Å²) in [6.07, 6.45) is 3.44. The maximum absolute atomic E-state index is 12.7. The number of carbonyl (C=O) groups excluding carboxylic acids is 3. The molecule has 0 radical (unpaired) electrons. The zero-order valence-electron chi connectivity index (χ0n) is 12.3. The van der Waals surface area contributed by atoms with Gasteiger partial charge in [-0.1, -0.05) is 12.2 Å². The molecule has 112 valence electrons. The van der Waals surface area contributed by atoms with E-state index in [2.05, 4.69) is 0 Å². The fraction of sp³-hybridized carbons (Fsp3) is 0.353. The molecule has 2 bridgehead atoms. The second kappa shape index (κ2) is 4.14. The molecule has 2 fully saturated rings. The predicted molar refractivity (Wildman–Crippen MR) is 78.3 cm³/mol. The Kier molecular flexibility index (Phi) is 2.52. The van der Waals surface area contributed by atoms with Gasteiger partial charge < -0.3 is 4.74 Å². The van der Waals surface area contributed by atoms with Crippen LogP contribution in [0.2, 0.25) is 0 Å². The highest BCUT2D eigenvalue weighted by Crippen LogP contribution is 2.52. The van der Waals surface area contributed by atoms with Gasteiger partial charge >= 0.3 is 0 Å². The molecule has 0 saturated carbocycles. The van der Waals surface area contributed by atoms with Gasteiger partial charge in [0.1, 0.15) is 0 Å². The molecule has 2 saturated heterocycles. The van der Waals surface area contributed by atoms with Crippen LogP contribution in [0.4, 0.5) is 5.69 Å². The van der Waals surface area contributed by atoms with Gasteiger partial charge in [-0.25, -0.2) is 4.90 Å². The van der Waals surface area contributed by atoms with Crippen LogP contribution in [-0.4, -0.2) is 29.3 Å². The Bertz CT molecular complexity index is 736. The van der Waals surface area contributed by atoms with E-state index in [-0.39, 0.29) is 23.7 Å². The Labute approximate surface area is 127 Å². The fourth-order valence-corrected chi connectivity index (χ4v) is 3.75. The van der Waals surface area contributed by atoms with Gasteiger partial charge in [-0.05, 0) is 38.1 Å². The average molecular weight is 297 g/mol. The Hall–Kier alpha value is -2.27. The summed E-state index contributed by atoms with van der Waals surface area (Å²) >= 11 is 0. The highest BCUT2D eigenvalue weighted by atomic mass is 16.5. The van der Waals surface area contributed by atoms with E-state index in [1.807, 2.05) is 19.1 Å². The number of carbonyl (C=O) groups is 3. The van der Waals surface area contributed by atoms with Gasteiger partial charge in [-0.2, -0.15) is 0 Å². The number of rotatable bonds is 2. The zero-order chi connectivity index (χ0) is 15.6. The van der Waals surface area contributed by atoms with Crippen LogP contribution in [0.5, 0.6) is 0 Å². The van der Waals surface area contributed by atoms with Crippen LogP contribution in [0, 0.1) is 11.8 Å². The number of ketones is 1. The molecule has 1 aromatic carbocycles. The second-order valence-electron chi connectivity index (χ2n) is 6.24. The van der Waals surface area contributed by atoms with Gasteiger partial charge in [0.2, 0.25) is 11.8 Å². The minimum Gasteiger partial charge on any atom is -0.362 e. The molecule has 0 unspecified atom stereocenters. The van der Waals surface area contributed by atoms with Crippen molar-refractivity contribution in [2.24, 2.45) is 11.8 Å². The van der Waals surface area contributed by atoms with E-state index in [0.717, 1.165) is 0 Å². The van der Waals surface area contributed by atoms with E-state index in [4.69, 9.17) is 4.74 Å². The number of hydrogen-bond donors (Lipinski definition) is 0. The van der Waals surface area contributed by atoms with Crippen molar-refractivity contribution in [3.05, 3.63) is 42.0 Å². The molecule has 3 aliphatic rings. The minimum absolute atomic E-state index is 0.0503. The molecule has 0 spiro atoms. The SMILES string of the molecule is CC(=O)c1ccc(N2C(=O)[C@H]3[C@@H]4C=C[C@@](C)(O4)[C@H]3C2=O)cc1. The Morgan fingerprint density at radius 3 is 2.45 bits per heavy atom. The van der Waals surface area contributed by atoms with Crippen molar-refractivity contribution in [1.29, 1.82) is 0 Å². The highest BCUT2D eigenvalue weighted by Gasteiger charge is 2.65. The van der Waals surface area contributed by atoms with Crippen molar-refractivity contribution >= 4 is 23.3 Å². The van der Waals surface area contributed by atoms with E-state index >= 15 is 0 Å². The summed E-state index contributed by atoms with van der Waals surface area (Å²) in [6.45, 7) is 3.33. The monoisotopic (exact) mass is 297 g/mol. The Morgan fingerprint density at radius 2 is 1.86 bits per heavy atom. The normalized spacial score (nSPS) is 35.4. The van der Waals surface area contributed by atoms with Gasteiger partial charge in [0, 0.05) is 5.56 Å². The highest BCUT2D eigenvalue weighted by molar-refractivity contribution is 6.23. The maximum atomic E-state index is 12.7. The van der Waals surface area contributed by atoms with Crippen LogP contribution in [0.1, 0.15) is 24.2 Å². The molecule has 3 aliphatic heterocycles. The molecule has 0 aromatic heterocycles. The fourth-order valence-electron chi connectivity index (χ4n) is 3.75. The third kappa shape index (κ3) is 1.54. The summed E-state index contributed by atoms with van der Waals surface area (Å²) in [5, 5.41) is 0. The van der Waals surface area contributed by atoms with Crippen molar-refractivity contribution in [2.75, 3.05) is 4.90 Å². The number of Topliss-reactive ketones (excluding diaryl/α,β-unsaturated/α-hetero) is 1. The quantitative estimate of drug-likeness (QED) is 0.474. The molecular weight excluding hydrogens is 282 g/mol. The average Bonchev–Trinajstić information content (AvgIpc) is 3.08. The van der Waals surface area contributed by atoms with E-state index in [9.17, 15) is 14.4 Å². The van der Waals surface area contributed by atoms with Crippen molar-refractivity contribution in [2.45, 2.75) is 25.6 Å². The number of anilines is 1. The van der Waals surface area contributed by atoms with Gasteiger partial charge in [0.25, 0.3) is 0 Å². The van der Waals surface area contributed by atoms with E-state index < -0.39 is 17.4 Å². The summed E-state index contributed by atoms with van der Waals surface area (Å²) < 4.78 is 5.78. The van der Waals surface area contributed by atoms with Crippen LogP contribution in [0.25, 0.3) is 0 Å². The number of nitrogens with zero attached hydrogens (tertiary/aromatic N) is 1. The molecule has 2 amide bonds. The van der Waals surface area contributed by atoms with Crippen LogP contribution < -0.4 is 4.90 Å². The molecule has 5 heteroatoms. The van der Waals surface area contributed by atoms with Gasteiger partial charge in [0.05, 0.1) is 29.2 Å². The standard InChI is InChI=1S/C17H15NO4/c1-9(19)10-3-5-11(6-4-10)18-15(20)13-12-7-8-17(2,22-12)14(13)16(18)21/h3-8,12-14H,1-2H3/t12-,13-,14+,17+/m0/s1. The molecule has 3 heterocycles. The van der Waals surface area contributed by atoms with Crippen LogP contribution >= 0.6 is 0 Å². The van der Waals surface area contributed by atoms with E-state index in [0.29, 0.717) is 11.3 Å². The first kappa shape index (κ1) is 13.4. The third-order valence-corrected chi connectivity index (χ3v) is 4.86. The van der Waals surface area contributed by atoms with Gasteiger partial charge in [-0.15, -0.1) is 0 Å². The molecule has 1 aromatic rings. The first-order chi connectivity index (χ1) is 10.4. The zero-order valence-corrected chi connectivity index (χ0v) is 12.3. The third-order valence-electron chi connectivity index (χ3n) is 4.86. The van der Waals surface area contributed by atoms with Crippen LogP contribution in [-0.2, 0) is 14.3 Å². The lowest BCUT2D eigenvalue weighted by Gasteiger charge is -2.24. The van der Waals surface area contributed by atoms with Crippen molar-refractivity contribution in [3.63, 3.8) is 0 Å². The number of benzene rings is 1. The van der Waals surface area contributed by atoms with Crippen LogP contribution in [0.15, 0.2) is 36.4 Å². The lowest BCUT2D eigenvalue weighted by atomic mass is 9.78. The summed E-state index contributed by atoms with van der Waals surface area (Å²) in [7, 11) is 0. The molecular formula is C17H15NO4. The molecule has 4 rings (SSSR count). The lowest BCUT2D eigenvalue weighted by molar-refractivity contribution is -0.126. The number of imide groups is 1. The Balaban J connectivity index is 1.71. The summed E-state index contributed by atoms with van der Waals surface area (Å²) in [6, 6.07) is 6.56. The maximum Gasteiger partial charge on any atom is 0.241 e. The number of hydrogen-bond acceptors (Lipinski definition) is 4. The molecule has 0 aliphatic carbocycles. The molecule has 22 heavy (non-hydrogen) atoms. The Morgan fingerprint density at radius 1 is 1.18 bits per heavy atom. The molecule has 4 atom stereocenters. The van der Waals surface area contributed by atoms with E-state index in [1.54, 1.807) is 24.3 Å². The smallest absolute Gasteiger partial charge is 0.241 e. The van der Waals surface area contributed by atoms with Crippen molar-refractivity contribution in [1.82, 2.24) is 0 Å². The van der Waals surface area contributed by atoms with Crippen LogP contribution in [0.3, 0.4) is 0 Å². The van der Waals surface area contributed by atoms with Gasteiger partial charge in [-0.3, -0.25) is 14.4 Å². The minimum atomic E-state index is -0.684. The van der Waals surface area contributed by atoms with Crippen molar-refractivity contribution < 1.29 is 19.1 Å². The van der Waals surface area contributed by atoms with Crippen molar-refractivity contribution in [3.8, 4) is 0 Å². The largest absolute Gasteiger partial charge is 0.362 e. The first-order valence-electron chi connectivity index (χ1n) is 7.28. The van der Waals surface area contributed by atoms with Gasteiger partial charge in [0.15, 0.2) is 5.78 Å². The molecule has 0 N–H and O–H groups in total. The van der Waals surface area contributed by atoms with E-state index in [1.165, 1.54) is 11.8 Å². The topological polar surface area (TPSA) is 63.7 Å². The molecule has 5 nitrogen and oxygen atoms in total. The number of amides is 2. The second-order valence-corrected chi connectivity index (χ2v) is 6.24.